The topological polar surface area (TPSA) is 43.8 Å². The molecule has 132 valence electrons. The molecular weight excluding hydrogens is 347 g/mol. The predicted molar refractivity (Wildman–Crippen MR) is 96.6 cm³/mol. The number of aliphatic hydroxyl groups excluding tert-OH is 1. The van der Waals surface area contributed by atoms with E-state index in [9.17, 15) is 9.90 Å². The van der Waals surface area contributed by atoms with Crippen molar-refractivity contribution >= 4 is 29.1 Å². The van der Waals surface area contributed by atoms with E-state index in [0.29, 0.717) is 23.0 Å². The highest BCUT2D eigenvalue weighted by Crippen LogP contribution is 2.25. The first-order chi connectivity index (χ1) is 11.5. The molecule has 0 spiro atoms. The molecule has 2 aliphatic heterocycles. The summed E-state index contributed by atoms with van der Waals surface area (Å²) in [4.78, 5) is 17.1. The van der Waals surface area contributed by atoms with Gasteiger partial charge in [0.25, 0.3) is 0 Å². The van der Waals surface area contributed by atoms with Gasteiger partial charge in [0.1, 0.15) is 0 Å². The SMILES string of the molecule is O=C(Cc1ccc(Cl)c(Cl)c1)N1CC(O)CCC1CN1CCCC1. The number of carbonyl (C=O) groups excluding carboxylic acids is 1. The molecule has 2 heterocycles. The van der Waals surface area contributed by atoms with Crippen molar-refractivity contribution in [1.82, 2.24) is 9.80 Å². The fourth-order valence-electron chi connectivity index (χ4n) is 3.69. The molecule has 1 aromatic rings. The van der Waals surface area contributed by atoms with Crippen LogP contribution < -0.4 is 0 Å². The Labute approximate surface area is 153 Å². The molecule has 0 aliphatic carbocycles. The van der Waals surface area contributed by atoms with Gasteiger partial charge in [0, 0.05) is 19.1 Å². The number of amides is 1. The molecule has 3 rings (SSSR count). The molecular formula is C18H24Cl2N2O2. The van der Waals surface area contributed by atoms with Crippen molar-refractivity contribution in [3.05, 3.63) is 33.8 Å². The van der Waals surface area contributed by atoms with E-state index in [4.69, 9.17) is 23.2 Å². The van der Waals surface area contributed by atoms with Crippen LogP contribution in [0.1, 0.15) is 31.2 Å². The van der Waals surface area contributed by atoms with Crippen LogP contribution in [0.15, 0.2) is 18.2 Å². The van der Waals surface area contributed by atoms with E-state index in [1.54, 1.807) is 12.1 Å². The van der Waals surface area contributed by atoms with Gasteiger partial charge in [-0.25, -0.2) is 0 Å². The summed E-state index contributed by atoms with van der Waals surface area (Å²) >= 11 is 12.0. The number of hydrogen-bond donors (Lipinski definition) is 1. The molecule has 0 saturated carbocycles. The summed E-state index contributed by atoms with van der Waals surface area (Å²) in [5, 5.41) is 11.0. The normalized spacial score (nSPS) is 25.2. The maximum atomic E-state index is 12.8. The van der Waals surface area contributed by atoms with Gasteiger partial charge < -0.3 is 14.9 Å². The zero-order valence-corrected chi connectivity index (χ0v) is 15.3. The second-order valence-electron chi connectivity index (χ2n) is 6.86. The molecule has 1 amide bonds. The quantitative estimate of drug-likeness (QED) is 0.885. The van der Waals surface area contributed by atoms with Gasteiger partial charge in [-0.05, 0) is 56.5 Å². The third-order valence-corrected chi connectivity index (χ3v) is 5.75. The maximum absolute atomic E-state index is 12.8. The van der Waals surface area contributed by atoms with Crippen LogP contribution in [-0.2, 0) is 11.2 Å². The summed E-state index contributed by atoms with van der Waals surface area (Å²) in [5.74, 6) is 0.0522. The Morgan fingerprint density at radius 3 is 2.62 bits per heavy atom. The standard InChI is InChI=1S/C18H24Cl2N2O2/c19-16-6-3-13(9-17(16)20)10-18(24)22-12-15(23)5-4-14(22)11-21-7-1-2-8-21/h3,6,9,14-15,23H,1-2,4-5,7-8,10-12H2. The number of aliphatic hydroxyl groups is 1. The number of halogens is 2. The van der Waals surface area contributed by atoms with Crippen LogP contribution in [0.25, 0.3) is 0 Å². The summed E-state index contributed by atoms with van der Waals surface area (Å²) in [6.07, 6.45) is 4.00. The Balaban J connectivity index is 1.67. The van der Waals surface area contributed by atoms with Gasteiger partial charge in [-0.15, -0.1) is 0 Å². The molecule has 0 bridgehead atoms. The van der Waals surface area contributed by atoms with E-state index in [-0.39, 0.29) is 11.9 Å². The highest BCUT2D eigenvalue weighted by Gasteiger charge is 2.32. The number of carbonyl (C=O) groups is 1. The number of hydrogen-bond acceptors (Lipinski definition) is 3. The fraction of sp³-hybridized carbons (Fsp3) is 0.611. The van der Waals surface area contributed by atoms with Crippen molar-refractivity contribution < 1.29 is 9.90 Å². The predicted octanol–water partition coefficient (Wildman–Crippen LogP) is 2.98. The third-order valence-electron chi connectivity index (χ3n) is 5.01. The minimum absolute atomic E-state index is 0.0522. The largest absolute Gasteiger partial charge is 0.391 e. The lowest BCUT2D eigenvalue weighted by atomic mass is 9.98. The minimum Gasteiger partial charge on any atom is -0.391 e. The van der Waals surface area contributed by atoms with E-state index >= 15 is 0 Å². The van der Waals surface area contributed by atoms with Crippen LogP contribution in [0.3, 0.4) is 0 Å². The van der Waals surface area contributed by atoms with Crippen molar-refractivity contribution in [2.45, 2.75) is 44.2 Å². The van der Waals surface area contributed by atoms with Crippen molar-refractivity contribution in [3.8, 4) is 0 Å². The summed E-state index contributed by atoms with van der Waals surface area (Å²) in [5.41, 5.74) is 0.856. The van der Waals surface area contributed by atoms with Crippen molar-refractivity contribution in [2.24, 2.45) is 0 Å². The molecule has 4 nitrogen and oxygen atoms in total. The fourth-order valence-corrected chi connectivity index (χ4v) is 4.01. The number of β-amino-alcohol motifs (C(OH)–C–C–N with tert-alkyl or cyclic N) is 1. The van der Waals surface area contributed by atoms with Crippen LogP contribution >= 0.6 is 23.2 Å². The molecule has 2 aliphatic rings. The van der Waals surface area contributed by atoms with Gasteiger partial charge >= 0.3 is 0 Å². The van der Waals surface area contributed by atoms with Gasteiger partial charge in [-0.3, -0.25) is 4.79 Å². The number of piperidine rings is 1. The highest BCUT2D eigenvalue weighted by molar-refractivity contribution is 6.42. The van der Waals surface area contributed by atoms with Gasteiger partial charge in [0.2, 0.25) is 5.91 Å². The second kappa shape index (κ2) is 8.05. The molecule has 24 heavy (non-hydrogen) atoms. The Morgan fingerprint density at radius 2 is 1.92 bits per heavy atom. The van der Waals surface area contributed by atoms with Crippen LogP contribution in [0.5, 0.6) is 0 Å². The van der Waals surface area contributed by atoms with Crippen molar-refractivity contribution in [1.29, 1.82) is 0 Å². The van der Waals surface area contributed by atoms with Crippen molar-refractivity contribution in [3.63, 3.8) is 0 Å². The summed E-state index contributed by atoms with van der Waals surface area (Å²) in [6, 6.07) is 5.50. The Kier molecular flexibility index (Phi) is 6.03. The van der Waals surface area contributed by atoms with Gasteiger partial charge in [-0.1, -0.05) is 29.3 Å². The average molecular weight is 371 g/mol. The lowest BCUT2D eigenvalue weighted by molar-refractivity contribution is -0.137. The van der Waals surface area contributed by atoms with E-state index in [0.717, 1.165) is 38.0 Å². The molecule has 2 saturated heterocycles. The van der Waals surface area contributed by atoms with E-state index in [2.05, 4.69) is 4.90 Å². The first-order valence-electron chi connectivity index (χ1n) is 8.67. The summed E-state index contributed by atoms with van der Waals surface area (Å²) in [7, 11) is 0. The molecule has 1 aromatic carbocycles. The monoisotopic (exact) mass is 370 g/mol. The van der Waals surface area contributed by atoms with E-state index in [1.807, 2.05) is 11.0 Å². The molecule has 1 N–H and O–H groups in total. The maximum Gasteiger partial charge on any atom is 0.227 e. The molecule has 2 unspecified atom stereocenters. The number of rotatable bonds is 4. The van der Waals surface area contributed by atoms with Gasteiger partial charge in [0.15, 0.2) is 0 Å². The lowest BCUT2D eigenvalue weighted by Crippen LogP contribution is -2.53. The number of nitrogens with zero attached hydrogens (tertiary/aromatic N) is 2. The molecule has 0 aromatic heterocycles. The number of likely N-dealkylation sites (tertiary alicyclic amines) is 2. The Morgan fingerprint density at radius 1 is 1.17 bits per heavy atom. The third kappa shape index (κ3) is 4.42. The smallest absolute Gasteiger partial charge is 0.227 e. The van der Waals surface area contributed by atoms with Crippen LogP contribution in [0.4, 0.5) is 0 Å². The second-order valence-corrected chi connectivity index (χ2v) is 7.68. The van der Waals surface area contributed by atoms with Crippen LogP contribution in [0, 0.1) is 0 Å². The highest BCUT2D eigenvalue weighted by atomic mass is 35.5. The minimum atomic E-state index is -0.419. The molecule has 6 heteroatoms. The Bertz CT molecular complexity index is 590. The van der Waals surface area contributed by atoms with E-state index < -0.39 is 6.10 Å². The first kappa shape index (κ1) is 18.0. The first-order valence-corrected chi connectivity index (χ1v) is 9.42. The van der Waals surface area contributed by atoms with Gasteiger partial charge in [0.05, 0.1) is 22.6 Å². The molecule has 0 radical (unpaired) electrons. The van der Waals surface area contributed by atoms with Gasteiger partial charge in [-0.2, -0.15) is 0 Å². The molecule has 2 atom stereocenters. The Hall–Kier alpha value is -0.810. The molecule has 2 fully saturated rings. The van der Waals surface area contributed by atoms with E-state index in [1.165, 1.54) is 12.8 Å². The van der Waals surface area contributed by atoms with Crippen molar-refractivity contribution in [2.75, 3.05) is 26.2 Å². The zero-order chi connectivity index (χ0) is 17.1. The van der Waals surface area contributed by atoms with Crippen LogP contribution in [0.2, 0.25) is 10.0 Å². The van der Waals surface area contributed by atoms with Crippen LogP contribution in [-0.4, -0.2) is 59.1 Å². The summed E-state index contributed by atoms with van der Waals surface area (Å²) in [6.45, 7) is 3.58. The average Bonchev–Trinajstić information content (AvgIpc) is 3.05. The lowest BCUT2D eigenvalue weighted by Gasteiger charge is -2.40. The summed E-state index contributed by atoms with van der Waals surface area (Å²) < 4.78 is 0. The number of benzene rings is 1. The zero-order valence-electron chi connectivity index (χ0n) is 13.8.